The van der Waals surface area contributed by atoms with Crippen LogP contribution in [0.3, 0.4) is 0 Å². The lowest BCUT2D eigenvalue weighted by molar-refractivity contribution is 0.516. The monoisotopic (exact) mass is 1400 g/mol. The van der Waals surface area contributed by atoms with Gasteiger partial charge in [-0.25, -0.2) is 0 Å². The van der Waals surface area contributed by atoms with Gasteiger partial charge in [0.2, 0.25) is 0 Å². The number of hydrogen-bond acceptors (Lipinski definition) is 5. The number of nitrogens with zero attached hydrogens (tertiary/aromatic N) is 4. The molecule has 5 aliphatic rings. The molecule has 23 rings (SSSR count). The van der Waals surface area contributed by atoms with Crippen molar-refractivity contribution in [2.75, 3.05) is 14.7 Å². The maximum atomic E-state index is 6.80. The number of fused-ring (bicyclic) bond motifs is 21. The quantitative estimate of drug-likeness (QED) is 0.136. The minimum Gasteiger partial charge on any atom is -0.455 e. The predicted octanol–water partition coefficient (Wildman–Crippen LogP) is 28.2. The second kappa shape index (κ2) is 23.4. The van der Waals surface area contributed by atoms with Crippen LogP contribution in [0.4, 0.5) is 45.5 Å². The zero-order valence-electron chi connectivity index (χ0n) is 59.9. The third-order valence-corrected chi connectivity index (χ3v) is 26.3. The molecule has 1 spiro atoms. The van der Waals surface area contributed by atoms with Crippen LogP contribution in [0.15, 0.2) is 344 Å². The van der Waals surface area contributed by atoms with E-state index in [-0.39, 0.29) is 16.9 Å². The Balaban J connectivity index is 0.523. The fourth-order valence-corrected chi connectivity index (χ4v) is 21.3. The number of benzene rings is 15. The number of aromatic nitrogens is 1. The summed E-state index contributed by atoms with van der Waals surface area (Å²) in [5.74, 6) is 0.298. The highest BCUT2D eigenvalue weighted by Gasteiger charge is 2.54. The molecule has 6 heteroatoms. The van der Waals surface area contributed by atoms with Crippen LogP contribution in [0, 0.1) is 0 Å². The smallest absolute Gasteiger partial charge is 0.145 e. The molecule has 108 heavy (non-hydrogen) atoms. The summed E-state index contributed by atoms with van der Waals surface area (Å²) in [4.78, 5) is 8.92. The Kier molecular flexibility index (Phi) is 13.3. The van der Waals surface area contributed by atoms with E-state index in [0.717, 1.165) is 58.1 Å². The van der Waals surface area contributed by atoms with Gasteiger partial charge in [-0.05, 0) is 246 Å². The van der Waals surface area contributed by atoms with E-state index in [2.05, 4.69) is 373 Å². The molecule has 5 nitrogen and oxygen atoms in total. The van der Waals surface area contributed by atoms with Crippen LogP contribution in [0.2, 0.25) is 0 Å². The summed E-state index contributed by atoms with van der Waals surface area (Å²) in [5.41, 5.74) is 32.9. The molecule has 3 aromatic heterocycles. The van der Waals surface area contributed by atoms with E-state index in [4.69, 9.17) is 4.42 Å². The lowest BCUT2D eigenvalue weighted by Crippen LogP contribution is -2.46. The summed E-state index contributed by atoms with van der Waals surface area (Å²) >= 11 is 1.98. The van der Waals surface area contributed by atoms with Crippen molar-refractivity contribution in [3.8, 4) is 50.2 Å². The largest absolute Gasteiger partial charge is 0.455 e. The van der Waals surface area contributed by atoms with Gasteiger partial charge in [0.1, 0.15) is 11.2 Å². The van der Waals surface area contributed by atoms with Gasteiger partial charge in [0.25, 0.3) is 0 Å². The van der Waals surface area contributed by atoms with Crippen molar-refractivity contribution in [1.29, 1.82) is 0 Å². The van der Waals surface area contributed by atoms with Gasteiger partial charge in [0, 0.05) is 88.0 Å². The highest BCUT2D eigenvalue weighted by Crippen LogP contribution is 2.64. The number of thiophene rings is 1. The first-order valence-corrected chi connectivity index (χ1v) is 39.0. The summed E-state index contributed by atoms with van der Waals surface area (Å²) in [6, 6.07) is 125. The van der Waals surface area contributed by atoms with Crippen LogP contribution in [0.1, 0.15) is 78.1 Å². The van der Waals surface area contributed by atoms with E-state index in [9.17, 15) is 0 Å². The van der Waals surface area contributed by atoms with Crippen molar-refractivity contribution in [1.82, 2.24) is 4.57 Å². The van der Waals surface area contributed by atoms with Gasteiger partial charge in [-0.1, -0.05) is 227 Å². The van der Waals surface area contributed by atoms with E-state index in [0.29, 0.717) is 5.92 Å². The molecule has 2 unspecified atom stereocenters. The number of rotatable bonds is 10. The van der Waals surface area contributed by atoms with Crippen molar-refractivity contribution in [3.63, 3.8) is 0 Å². The van der Waals surface area contributed by atoms with Gasteiger partial charge in [-0.15, -0.1) is 11.3 Å². The number of anilines is 8. The summed E-state index contributed by atoms with van der Waals surface area (Å²) in [5, 5.41) is 8.68. The van der Waals surface area contributed by atoms with Crippen molar-refractivity contribution < 1.29 is 4.42 Å². The SMILES string of the molecule is CC1(C)C2=Cc3c(sc4ccccc34)C3c4ccccc4N(c4ccc(-c5ccc(N(c6ccccc6)c6ccc(-c7ccc8ccc(-c9ccc(N(c%10ccccc%10)c%10ccc(-c%11ccc%12c(c%11)C%11(CCCC%11)c%11cc%13c%14ccccc%14oc%13c%13c%14ccccc%14n-%12c%11%13)cc%10)cc9)cc8c7)cc6)cc5)cc41)C23. The molecule has 0 radical (unpaired) electrons. The fourth-order valence-electron chi connectivity index (χ4n) is 19.9. The van der Waals surface area contributed by atoms with Crippen molar-refractivity contribution >= 4 is 128 Å². The second-order valence-corrected chi connectivity index (χ2v) is 32.1. The molecule has 2 aliphatic carbocycles. The Morgan fingerprint density at radius 3 is 1.50 bits per heavy atom. The number of furan rings is 1. The minimum atomic E-state index is -0.194. The van der Waals surface area contributed by atoms with Crippen LogP contribution < -0.4 is 14.7 Å². The van der Waals surface area contributed by atoms with Crippen LogP contribution >= 0.6 is 11.3 Å². The Hall–Kier alpha value is -12.7. The summed E-state index contributed by atoms with van der Waals surface area (Å²) < 4.78 is 10.7. The van der Waals surface area contributed by atoms with Crippen molar-refractivity contribution in [2.24, 2.45) is 0 Å². The topological polar surface area (TPSA) is 27.8 Å². The average molecular weight is 1400 g/mol. The maximum absolute atomic E-state index is 6.80. The molecule has 15 aromatic carbocycles. The second-order valence-electron chi connectivity index (χ2n) is 31.0. The molecular weight excluding hydrogens is 1330 g/mol. The highest BCUT2D eigenvalue weighted by molar-refractivity contribution is 7.19. The first-order valence-electron chi connectivity index (χ1n) is 38.2. The van der Waals surface area contributed by atoms with Gasteiger partial charge in [-0.3, -0.25) is 0 Å². The van der Waals surface area contributed by atoms with E-state index in [1.807, 2.05) is 11.3 Å². The van der Waals surface area contributed by atoms with Crippen LogP contribution in [-0.4, -0.2) is 10.6 Å². The van der Waals surface area contributed by atoms with Crippen LogP contribution in [0.5, 0.6) is 0 Å². The lowest BCUT2D eigenvalue weighted by Gasteiger charge is -2.48. The van der Waals surface area contributed by atoms with Gasteiger partial charge in [-0.2, -0.15) is 0 Å². The van der Waals surface area contributed by atoms with Gasteiger partial charge in [0.05, 0.1) is 28.1 Å². The third kappa shape index (κ3) is 9.04. The lowest BCUT2D eigenvalue weighted by atomic mass is 9.65. The third-order valence-electron chi connectivity index (χ3n) is 25.0. The van der Waals surface area contributed by atoms with E-state index in [1.165, 1.54) is 166 Å². The molecule has 0 bridgehead atoms. The van der Waals surface area contributed by atoms with Crippen molar-refractivity contribution in [3.05, 3.63) is 372 Å². The first-order chi connectivity index (χ1) is 53.3. The Morgan fingerprint density at radius 2 is 0.880 bits per heavy atom. The fraction of sp³-hybridized carbons (Fsp3) is 0.0980. The van der Waals surface area contributed by atoms with E-state index in [1.54, 1.807) is 0 Å². The number of para-hydroxylation sites is 5. The standard InChI is InChI=1S/C102H72N4OS/c1-101(2)85-59-70(43-53-91(85)105-90-28-14-10-26-82(90)96-97(105)87(101)62-84-80-24-12-16-30-94(80)108-100(84)96)65-39-49-77(50-40-65)103(73-19-5-3-6-20-73)75-45-35-63(36-46-75)68-33-31-67-32-34-69(58-72(67)57-68)64-37-47-76(48-38-64)104(74-21-7-4-8-22-74)78-51-41-66(42-52-78)71-44-54-92-86(60-71)102(55-17-18-56-102)88-61-83-79-23-11-15-29-93(79)107-99(83)95-81-25-9-13-27-89(81)106(92)98(88)95/h3-16,19-54,57-62,96-97H,17-18,55-56H2,1-2H3. The molecule has 0 saturated heterocycles. The zero-order valence-corrected chi connectivity index (χ0v) is 60.7. The number of hydrogen-bond donors (Lipinski definition) is 0. The molecule has 512 valence electrons. The Bertz CT molecular complexity index is 6770. The Labute approximate surface area is 631 Å². The van der Waals surface area contributed by atoms with Crippen LogP contribution in [0.25, 0.3) is 121 Å². The van der Waals surface area contributed by atoms with Gasteiger partial charge in [0.15, 0.2) is 0 Å². The molecule has 6 heterocycles. The van der Waals surface area contributed by atoms with E-state index >= 15 is 0 Å². The molecule has 0 amide bonds. The summed E-state index contributed by atoms with van der Waals surface area (Å²) in [7, 11) is 0. The molecule has 1 fully saturated rings. The first kappa shape index (κ1) is 61.6. The van der Waals surface area contributed by atoms with Crippen LogP contribution in [-0.2, 0) is 10.8 Å². The molecule has 0 N–H and O–H groups in total. The molecule has 1 saturated carbocycles. The van der Waals surface area contributed by atoms with E-state index < -0.39 is 0 Å². The zero-order chi connectivity index (χ0) is 71.1. The maximum Gasteiger partial charge on any atom is 0.145 e. The molecule has 2 atom stereocenters. The molecule has 18 aromatic rings. The summed E-state index contributed by atoms with van der Waals surface area (Å²) in [6.45, 7) is 4.92. The van der Waals surface area contributed by atoms with Crippen molar-refractivity contribution in [2.45, 2.75) is 62.3 Å². The summed E-state index contributed by atoms with van der Waals surface area (Å²) in [6.07, 6.45) is 7.23. The predicted molar refractivity (Wildman–Crippen MR) is 453 cm³/mol. The minimum absolute atomic E-state index is 0.102. The van der Waals surface area contributed by atoms with Gasteiger partial charge < -0.3 is 23.7 Å². The normalized spacial score (nSPS) is 16.1. The molecule has 3 aliphatic heterocycles. The Morgan fingerprint density at radius 1 is 0.389 bits per heavy atom. The molecular formula is C102H72N4OS. The highest BCUT2D eigenvalue weighted by atomic mass is 32.1. The van der Waals surface area contributed by atoms with Gasteiger partial charge >= 0.3 is 0 Å². The average Bonchev–Trinajstić information content (AvgIpc) is 1.50.